The summed E-state index contributed by atoms with van der Waals surface area (Å²) in [6.07, 6.45) is 1.86. The van der Waals surface area contributed by atoms with Gasteiger partial charge < -0.3 is 5.32 Å². The summed E-state index contributed by atoms with van der Waals surface area (Å²) in [5.41, 5.74) is 4.49. The van der Waals surface area contributed by atoms with Crippen LogP contribution in [-0.2, 0) is 6.54 Å². The molecule has 3 aromatic rings. The van der Waals surface area contributed by atoms with Crippen LogP contribution in [0.2, 0.25) is 0 Å². The zero-order valence-corrected chi connectivity index (χ0v) is 11.1. The third-order valence-electron chi connectivity index (χ3n) is 2.91. The first-order chi connectivity index (χ1) is 8.72. The van der Waals surface area contributed by atoms with Crippen molar-refractivity contribution in [1.82, 2.24) is 15.2 Å². The lowest BCUT2D eigenvalue weighted by molar-refractivity contribution is 1.04. The number of H-pyrrole nitrogens is 1. The summed E-state index contributed by atoms with van der Waals surface area (Å²) < 4.78 is 1.22. The number of hydrogen-bond acceptors (Lipinski definition) is 4. The normalized spacial score (nSPS) is 11.0. The van der Waals surface area contributed by atoms with Crippen molar-refractivity contribution in [3.8, 4) is 0 Å². The molecule has 0 atom stereocenters. The molecule has 18 heavy (non-hydrogen) atoms. The van der Waals surface area contributed by atoms with Gasteiger partial charge in [0, 0.05) is 23.5 Å². The molecule has 1 aromatic carbocycles. The highest BCUT2D eigenvalue weighted by atomic mass is 32.1. The number of aryl methyl sites for hydroxylation is 2. The fourth-order valence-electron chi connectivity index (χ4n) is 1.90. The van der Waals surface area contributed by atoms with Crippen LogP contribution in [0.15, 0.2) is 24.4 Å². The highest BCUT2D eigenvalue weighted by Crippen LogP contribution is 2.25. The average molecular weight is 258 g/mol. The predicted octanol–water partition coefficient (Wildman–Crippen LogP) is 3.25. The number of anilines is 1. The van der Waals surface area contributed by atoms with Gasteiger partial charge >= 0.3 is 0 Å². The number of thiazole rings is 1. The molecule has 0 fully saturated rings. The molecule has 5 heteroatoms. The van der Waals surface area contributed by atoms with Crippen molar-refractivity contribution in [3.05, 3.63) is 40.7 Å². The number of fused-ring (bicyclic) bond motifs is 1. The molecule has 3 rings (SSSR count). The topological polar surface area (TPSA) is 53.6 Å². The van der Waals surface area contributed by atoms with Crippen LogP contribution in [0.25, 0.3) is 10.2 Å². The third kappa shape index (κ3) is 2.09. The molecule has 4 nitrogen and oxygen atoms in total. The maximum atomic E-state index is 4.45. The Morgan fingerprint density at radius 3 is 3.00 bits per heavy atom. The summed E-state index contributed by atoms with van der Waals surface area (Å²) in [5, 5.41) is 11.5. The zero-order chi connectivity index (χ0) is 12.5. The SMILES string of the molecule is Cc1nc2ccc(NCc3cn[nH]c3C)cc2s1. The minimum atomic E-state index is 0.783. The lowest BCUT2D eigenvalue weighted by Gasteiger charge is -2.05. The Bertz CT molecular complexity index is 683. The van der Waals surface area contributed by atoms with Gasteiger partial charge in [0.15, 0.2) is 0 Å². The monoisotopic (exact) mass is 258 g/mol. The van der Waals surface area contributed by atoms with E-state index in [1.54, 1.807) is 11.3 Å². The van der Waals surface area contributed by atoms with Crippen molar-refractivity contribution in [2.75, 3.05) is 5.32 Å². The standard InChI is InChI=1S/C13H14N4S/c1-8-10(7-15-17-8)6-14-11-3-4-12-13(5-11)18-9(2)16-12/h3-5,7,14H,6H2,1-2H3,(H,15,17). The lowest BCUT2D eigenvalue weighted by Crippen LogP contribution is -1.99. The zero-order valence-electron chi connectivity index (χ0n) is 10.3. The van der Waals surface area contributed by atoms with E-state index in [1.165, 1.54) is 10.3 Å². The minimum absolute atomic E-state index is 0.783. The Morgan fingerprint density at radius 1 is 1.33 bits per heavy atom. The Labute approximate surface area is 109 Å². The van der Waals surface area contributed by atoms with Gasteiger partial charge in [0.2, 0.25) is 0 Å². The van der Waals surface area contributed by atoms with Gasteiger partial charge in [0.25, 0.3) is 0 Å². The Hall–Kier alpha value is -1.88. The molecule has 0 unspecified atom stereocenters. The molecular weight excluding hydrogens is 244 g/mol. The molecule has 0 aliphatic heterocycles. The number of aromatic amines is 1. The molecule has 2 N–H and O–H groups in total. The van der Waals surface area contributed by atoms with E-state index in [1.807, 2.05) is 20.0 Å². The summed E-state index contributed by atoms with van der Waals surface area (Å²) in [7, 11) is 0. The smallest absolute Gasteiger partial charge is 0.0907 e. The number of rotatable bonds is 3. The van der Waals surface area contributed by atoms with Crippen molar-refractivity contribution in [3.63, 3.8) is 0 Å². The maximum Gasteiger partial charge on any atom is 0.0907 e. The van der Waals surface area contributed by atoms with Gasteiger partial charge in [-0.3, -0.25) is 5.10 Å². The number of nitrogens with zero attached hydrogens (tertiary/aromatic N) is 2. The van der Waals surface area contributed by atoms with Crippen LogP contribution >= 0.6 is 11.3 Å². The van der Waals surface area contributed by atoms with Gasteiger partial charge in [-0.15, -0.1) is 11.3 Å². The van der Waals surface area contributed by atoms with Crippen molar-refractivity contribution in [1.29, 1.82) is 0 Å². The van der Waals surface area contributed by atoms with Gasteiger partial charge in [0.05, 0.1) is 21.4 Å². The molecule has 2 heterocycles. The first-order valence-electron chi connectivity index (χ1n) is 5.82. The molecule has 0 spiro atoms. The predicted molar refractivity (Wildman–Crippen MR) is 75.0 cm³/mol. The van der Waals surface area contributed by atoms with Crippen LogP contribution < -0.4 is 5.32 Å². The van der Waals surface area contributed by atoms with Gasteiger partial charge in [-0.25, -0.2) is 4.98 Å². The fraction of sp³-hybridized carbons (Fsp3) is 0.231. The Balaban J connectivity index is 1.80. The fourth-order valence-corrected chi connectivity index (χ4v) is 2.77. The molecule has 0 saturated heterocycles. The third-order valence-corrected chi connectivity index (χ3v) is 3.85. The van der Waals surface area contributed by atoms with Crippen molar-refractivity contribution in [2.45, 2.75) is 20.4 Å². The molecule has 0 radical (unpaired) electrons. The van der Waals surface area contributed by atoms with E-state index in [0.717, 1.165) is 28.5 Å². The van der Waals surface area contributed by atoms with Gasteiger partial charge in [-0.1, -0.05) is 0 Å². The highest BCUT2D eigenvalue weighted by molar-refractivity contribution is 7.18. The quantitative estimate of drug-likeness (QED) is 0.758. The second-order valence-corrected chi connectivity index (χ2v) is 5.52. The molecule has 2 aromatic heterocycles. The number of aromatic nitrogens is 3. The second kappa shape index (κ2) is 4.42. The van der Waals surface area contributed by atoms with Crippen LogP contribution in [0.5, 0.6) is 0 Å². The van der Waals surface area contributed by atoms with Gasteiger partial charge in [-0.2, -0.15) is 5.10 Å². The van der Waals surface area contributed by atoms with Crippen LogP contribution in [0.1, 0.15) is 16.3 Å². The Kier molecular flexibility index (Phi) is 2.76. The largest absolute Gasteiger partial charge is 0.381 e. The second-order valence-electron chi connectivity index (χ2n) is 4.29. The van der Waals surface area contributed by atoms with Crippen LogP contribution in [0, 0.1) is 13.8 Å². The van der Waals surface area contributed by atoms with Gasteiger partial charge in [0.1, 0.15) is 0 Å². The molecule has 92 valence electrons. The van der Waals surface area contributed by atoms with E-state index < -0.39 is 0 Å². The molecular formula is C13H14N4S. The maximum absolute atomic E-state index is 4.45. The molecule has 0 aliphatic carbocycles. The molecule has 0 aliphatic rings. The summed E-state index contributed by atoms with van der Waals surface area (Å²) in [6, 6.07) is 6.27. The summed E-state index contributed by atoms with van der Waals surface area (Å²) in [5.74, 6) is 0. The van der Waals surface area contributed by atoms with E-state index >= 15 is 0 Å². The molecule has 0 bridgehead atoms. The summed E-state index contributed by atoms with van der Waals surface area (Å²) in [6.45, 7) is 4.85. The summed E-state index contributed by atoms with van der Waals surface area (Å²) >= 11 is 1.72. The van der Waals surface area contributed by atoms with E-state index in [0.29, 0.717) is 0 Å². The molecule has 0 amide bonds. The van der Waals surface area contributed by atoms with E-state index in [2.05, 4.69) is 38.7 Å². The average Bonchev–Trinajstić information content (AvgIpc) is 2.90. The first kappa shape index (κ1) is 11.2. The van der Waals surface area contributed by atoms with Crippen molar-refractivity contribution in [2.24, 2.45) is 0 Å². The molecule has 0 saturated carbocycles. The van der Waals surface area contributed by atoms with Gasteiger partial charge in [-0.05, 0) is 32.0 Å². The number of hydrogen-bond donors (Lipinski definition) is 2. The number of nitrogens with one attached hydrogen (secondary N) is 2. The van der Waals surface area contributed by atoms with E-state index in [9.17, 15) is 0 Å². The van der Waals surface area contributed by atoms with E-state index in [4.69, 9.17) is 0 Å². The minimum Gasteiger partial charge on any atom is -0.381 e. The van der Waals surface area contributed by atoms with E-state index in [-0.39, 0.29) is 0 Å². The Morgan fingerprint density at radius 2 is 2.22 bits per heavy atom. The number of benzene rings is 1. The van der Waals surface area contributed by atoms with Crippen molar-refractivity contribution < 1.29 is 0 Å². The summed E-state index contributed by atoms with van der Waals surface area (Å²) in [4.78, 5) is 4.45. The highest BCUT2D eigenvalue weighted by Gasteiger charge is 2.03. The lowest BCUT2D eigenvalue weighted by atomic mass is 10.2. The van der Waals surface area contributed by atoms with Crippen molar-refractivity contribution >= 4 is 27.2 Å². The van der Waals surface area contributed by atoms with Crippen LogP contribution in [-0.4, -0.2) is 15.2 Å². The first-order valence-corrected chi connectivity index (χ1v) is 6.64. The van der Waals surface area contributed by atoms with Crippen LogP contribution in [0.3, 0.4) is 0 Å². The van der Waals surface area contributed by atoms with Crippen LogP contribution in [0.4, 0.5) is 5.69 Å².